The number of fused-ring (bicyclic) bond motifs is 2. The number of piperidine rings is 1. The van der Waals surface area contributed by atoms with Gasteiger partial charge in [-0.2, -0.15) is 0 Å². The van der Waals surface area contributed by atoms with Crippen molar-refractivity contribution in [3.8, 4) is 0 Å². The van der Waals surface area contributed by atoms with Crippen molar-refractivity contribution in [2.24, 2.45) is 0 Å². The summed E-state index contributed by atoms with van der Waals surface area (Å²) < 4.78 is 0. The summed E-state index contributed by atoms with van der Waals surface area (Å²) in [5.74, 6) is 0. The summed E-state index contributed by atoms with van der Waals surface area (Å²) in [4.78, 5) is 13.0. The van der Waals surface area contributed by atoms with E-state index in [4.69, 9.17) is 0 Å². The minimum atomic E-state index is 0.0382. The van der Waals surface area contributed by atoms with Crippen LogP contribution in [0.3, 0.4) is 0 Å². The van der Waals surface area contributed by atoms with E-state index < -0.39 is 0 Å². The molecule has 2 fully saturated rings. The fraction of sp³-hybridized carbons (Fsp3) is 0.900. The first-order valence-corrected chi connectivity index (χ1v) is 5.39. The normalized spacial score (nSPS) is 35.4. The smallest absolute Gasteiger partial charge is 0.317 e. The van der Waals surface area contributed by atoms with E-state index in [1.807, 2.05) is 0 Å². The summed E-state index contributed by atoms with van der Waals surface area (Å²) in [6.07, 6.45) is 4.74. The van der Waals surface area contributed by atoms with Gasteiger partial charge in [0, 0.05) is 32.2 Å². The molecule has 2 unspecified atom stereocenters. The number of nitrogens with zero attached hydrogens (tertiary/aromatic N) is 1. The van der Waals surface area contributed by atoms with Crippen LogP contribution in [0, 0.1) is 0 Å². The third-order valence-corrected chi connectivity index (χ3v) is 3.21. The number of amides is 2. The number of rotatable bonds is 1. The van der Waals surface area contributed by atoms with Crippen molar-refractivity contribution < 1.29 is 4.79 Å². The molecule has 0 aliphatic carbocycles. The fourth-order valence-corrected chi connectivity index (χ4v) is 2.48. The second-order valence-corrected chi connectivity index (χ2v) is 4.65. The first-order chi connectivity index (χ1) is 6.65. The highest BCUT2D eigenvalue weighted by molar-refractivity contribution is 5.73. The van der Waals surface area contributed by atoms with Gasteiger partial charge in [-0.15, -0.1) is 0 Å². The molecule has 0 aromatic rings. The minimum Gasteiger partial charge on any atom is -0.335 e. The van der Waals surface area contributed by atoms with Crippen LogP contribution in [0.25, 0.3) is 0 Å². The Bertz CT molecular complexity index is 217. The lowest BCUT2D eigenvalue weighted by Gasteiger charge is -2.30. The Morgan fingerprint density at radius 1 is 1.29 bits per heavy atom. The third kappa shape index (κ3) is 2.00. The molecule has 2 amide bonds. The SMILES string of the molecule is CN(C)C(=O)NC1CC2CCC(C1)N2. The Morgan fingerprint density at radius 3 is 2.36 bits per heavy atom. The molecule has 2 heterocycles. The molecular weight excluding hydrogens is 178 g/mol. The summed E-state index contributed by atoms with van der Waals surface area (Å²) in [7, 11) is 3.57. The van der Waals surface area contributed by atoms with Gasteiger partial charge in [0.2, 0.25) is 0 Å². The van der Waals surface area contributed by atoms with Gasteiger partial charge in [0.25, 0.3) is 0 Å². The van der Waals surface area contributed by atoms with Crippen molar-refractivity contribution in [3.63, 3.8) is 0 Å². The Labute approximate surface area is 85.0 Å². The van der Waals surface area contributed by atoms with Crippen LogP contribution in [0.2, 0.25) is 0 Å². The summed E-state index contributed by atoms with van der Waals surface area (Å²) in [6, 6.07) is 1.70. The van der Waals surface area contributed by atoms with Crippen molar-refractivity contribution in [3.05, 3.63) is 0 Å². The van der Waals surface area contributed by atoms with Crippen LogP contribution in [-0.2, 0) is 0 Å². The van der Waals surface area contributed by atoms with Crippen molar-refractivity contribution in [1.82, 2.24) is 15.5 Å². The van der Waals surface area contributed by atoms with Crippen LogP contribution in [0.1, 0.15) is 25.7 Å². The summed E-state index contributed by atoms with van der Waals surface area (Å²) >= 11 is 0. The quantitative estimate of drug-likeness (QED) is 0.644. The topological polar surface area (TPSA) is 44.4 Å². The molecule has 2 aliphatic heterocycles. The van der Waals surface area contributed by atoms with Gasteiger partial charge >= 0.3 is 6.03 Å². The van der Waals surface area contributed by atoms with E-state index in [0.29, 0.717) is 18.1 Å². The molecule has 0 saturated carbocycles. The molecule has 4 nitrogen and oxygen atoms in total. The van der Waals surface area contributed by atoms with Crippen LogP contribution in [0.4, 0.5) is 4.79 Å². The number of hydrogen-bond acceptors (Lipinski definition) is 2. The third-order valence-electron chi connectivity index (χ3n) is 3.21. The van der Waals surface area contributed by atoms with E-state index in [9.17, 15) is 4.79 Å². The van der Waals surface area contributed by atoms with Gasteiger partial charge in [0.05, 0.1) is 0 Å². The monoisotopic (exact) mass is 197 g/mol. The second kappa shape index (κ2) is 3.77. The van der Waals surface area contributed by atoms with Crippen molar-refractivity contribution in [2.45, 2.75) is 43.8 Å². The van der Waals surface area contributed by atoms with Crippen molar-refractivity contribution >= 4 is 6.03 Å². The molecule has 4 heteroatoms. The minimum absolute atomic E-state index is 0.0382. The average Bonchev–Trinajstić information content (AvgIpc) is 2.45. The summed E-state index contributed by atoms with van der Waals surface area (Å²) in [5, 5.41) is 6.62. The van der Waals surface area contributed by atoms with Gasteiger partial charge in [0.1, 0.15) is 0 Å². The molecule has 2 bridgehead atoms. The average molecular weight is 197 g/mol. The maximum Gasteiger partial charge on any atom is 0.317 e. The number of carbonyl (C=O) groups is 1. The molecule has 0 spiro atoms. The zero-order chi connectivity index (χ0) is 10.1. The van der Waals surface area contributed by atoms with Crippen LogP contribution in [-0.4, -0.2) is 43.2 Å². The molecule has 2 aliphatic rings. The zero-order valence-corrected chi connectivity index (χ0v) is 8.92. The van der Waals surface area contributed by atoms with Crippen molar-refractivity contribution in [2.75, 3.05) is 14.1 Å². The number of carbonyl (C=O) groups excluding carboxylic acids is 1. The van der Waals surface area contributed by atoms with Gasteiger partial charge in [-0.3, -0.25) is 0 Å². The van der Waals surface area contributed by atoms with E-state index in [1.165, 1.54) is 12.8 Å². The van der Waals surface area contributed by atoms with Gasteiger partial charge in [-0.05, 0) is 25.7 Å². The first-order valence-electron chi connectivity index (χ1n) is 5.39. The zero-order valence-electron chi connectivity index (χ0n) is 8.92. The van der Waals surface area contributed by atoms with Gasteiger partial charge < -0.3 is 15.5 Å². The van der Waals surface area contributed by atoms with E-state index >= 15 is 0 Å². The Balaban J connectivity index is 1.85. The van der Waals surface area contributed by atoms with Crippen LogP contribution in [0.15, 0.2) is 0 Å². The molecule has 0 radical (unpaired) electrons. The molecular formula is C10H19N3O. The molecule has 80 valence electrons. The molecule has 14 heavy (non-hydrogen) atoms. The molecule has 2 saturated heterocycles. The Hall–Kier alpha value is -0.770. The van der Waals surface area contributed by atoms with E-state index in [2.05, 4.69) is 10.6 Å². The molecule has 0 aromatic carbocycles. The number of hydrogen-bond donors (Lipinski definition) is 2. The second-order valence-electron chi connectivity index (χ2n) is 4.65. The van der Waals surface area contributed by atoms with Gasteiger partial charge in [-0.1, -0.05) is 0 Å². The van der Waals surface area contributed by atoms with E-state index in [0.717, 1.165) is 12.8 Å². The number of nitrogens with one attached hydrogen (secondary N) is 2. The highest BCUT2D eigenvalue weighted by Gasteiger charge is 2.34. The fourth-order valence-electron chi connectivity index (χ4n) is 2.48. The lowest BCUT2D eigenvalue weighted by Crippen LogP contribution is -2.50. The lowest BCUT2D eigenvalue weighted by atomic mass is 10.0. The molecule has 2 rings (SSSR count). The maximum absolute atomic E-state index is 11.4. The first kappa shape index (κ1) is 9.77. The maximum atomic E-state index is 11.4. The Morgan fingerprint density at radius 2 is 1.86 bits per heavy atom. The Kier molecular flexibility index (Phi) is 2.63. The van der Waals surface area contributed by atoms with E-state index in [-0.39, 0.29) is 6.03 Å². The van der Waals surface area contributed by atoms with Gasteiger partial charge in [-0.25, -0.2) is 4.79 Å². The number of urea groups is 1. The van der Waals surface area contributed by atoms with Gasteiger partial charge in [0.15, 0.2) is 0 Å². The standard InChI is InChI=1S/C10H19N3O/c1-13(2)10(14)12-9-5-7-3-4-8(6-9)11-7/h7-9,11H,3-6H2,1-2H3,(H,12,14). The highest BCUT2D eigenvalue weighted by Crippen LogP contribution is 2.26. The van der Waals surface area contributed by atoms with Crippen molar-refractivity contribution in [1.29, 1.82) is 0 Å². The van der Waals surface area contributed by atoms with Crippen LogP contribution >= 0.6 is 0 Å². The largest absolute Gasteiger partial charge is 0.335 e. The predicted molar refractivity (Wildman–Crippen MR) is 55.2 cm³/mol. The summed E-state index contributed by atoms with van der Waals surface area (Å²) in [5.41, 5.74) is 0. The van der Waals surface area contributed by atoms with Crippen LogP contribution < -0.4 is 10.6 Å². The predicted octanol–water partition coefficient (Wildman–Crippen LogP) is 0.541. The molecule has 2 N–H and O–H groups in total. The summed E-state index contributed by atoms with van der Waals surface area (Å²) in [6.45, 7) is 0. The molecule has 2 atom stereocenters. The highest BCUT2D eigenvalue weighted by atomic mass is 16.2. The lowest BCUT2D eigenvalue weighted by molar-refractivity contribution is 0.206. The van der Waals surface area contributed by atoms with E-state index in [1.54, 1.807) is 19.0 Å². The van der Waals surface area contributed by atoms with Crippen LogP contribution in [0.5, 0.6) is 0 Å². The molecule has 0 aromatic heterocycles.